The normalized spacial score (nSPS) is 15.5. The molecular formula is C11H18N4O2. The molecule has 0 atom stereocenters. The minimum Gasteiger partial charge on any atom is -0.476 e. The van der Waals surface area contributed by atoms with Crippen molar-refractivity contribution in [1.29, 1.82) is 0 Å². The van der Waals surface area contributed by atoms with E-state index in [9.17, 15) is 4.79 Å². The third kappa shape index (κ3) is 2.82. The van der Waals surface area contributed by atoms with E-state index in [1.807, 2.05) is 14.1 Å². The highest BCUT2D eigenvalue weighted by Crippen LogP contribution is 2.41. The summed E-state index contributed by atoms with van der Waals surface area (Å²) in [5, 5.41) is 16.8. The number of aryl methyl sites for hydroxylation is 1. The molecule has 1 aliphatic rings. The number of carbonyl (C=O) groups is 1. The lowest BCUT2D eigenvalue weighted by Crippen LogP contribution is -2.16. The van der Waals surface area contributed by atoms with Crippen molar-refractivity contribution in [2.45, 2.75) is 31.7 Å². The van der Waals surface area contributed by atoms with Gasteiger partial charge in [0.15, 0.2) is 5.69 Å². The third-order valence-corrected chi connectivity index (χ3v) is 2.92. The van der Waals surface area contributed by atoms with Crippen LogP contribution in [0.3, 0.4) is 0 Å². The van der Waals surface area contributed by atoms with E-state index < -0.39 is 5.97 Å². The number of hydrogen-bond donors (Lipinski definition) is 1. The second-order valence-corrected chi connectivity index (χ2v) is 4.78. The van der Waals surface area contributed by atoms with Crippen LogP contribution in [0.2, 0.25) is 0 Å². The quantitative estimate of drug-likeness (QED) is 0.794. The molecule has 0 amide bonds. The van der Waals surface area contributed by atoms with Crippen LogP contribution in [0.4, 0.5) is 0 Å². The Morgan fingerprint density at radius 1 is 1.53 bits per heavy atom. The summed E-state index contributed by atoms with van der Waals surface area (Å²) in [6, 6.07) is 0. The van der Waals surface area contributed by atoms with Crippen molar-refractivity contribution in [1.82, 2.24) is 19.9 Å². The second-order valence-electron chi connectivity index (χ2n) is 4.78. The smallest absolute Gasteiger partial charge is 0.358 e. The minimum absolute atomic E-state index is 0.136. The molecule has 17 heavy (non-hydrogen) atoms. The molecule has 0 bridgehead atoms. The van der Waals surface area contributed by atoms with Crippen LogP contribution in [0.15, 0.2) is 0 Å². The maximum absolute atomic E-state index is 11.0. The van der Waals surface area contributed by atoms with Gasteiger partial charge < -0.3 is 10.0 Å². The molecule has 1 fully saturated rings. The van der Waals surface area contributed by atoms with Crippen LogP contribution in [0.5, 0.6) is 0 Å². The van der Waals surface area contributed by atoms with Crippen LogP contribution in [0.1, 0.15) is 41.4 Å². The van der Waals surface area contributed by atoms with E-state index in [4.69, 9.17) is 5.11 Å². The first-order valence-electron chi connectivity index (χ1n) is 5.91. The summed E-state index contributed by atoms with van der Waals surface area (Å²) in [7, 11) is 4.04. The molecule has 1 saturated carbocycles. The van der Waals surface area contributed by atoms with E-state index in [0.29, 0.717) is 5.92 Å². The molecule has 0 aromatic carbocycles. The zero-order valence-electron chi connectivity index (χ0n) is 10.3. The van der Waals surface area contributed by atoms with Crippen LogP contribution >= 0.6 is 0 Å². The Labute approximate surface area is 100 Å². The van der Waals surface area contributed by atoms with Gasteiger partial charge in [0, 0.05) is 12.5 Å². The molecule has 2 rings (SSSR count). The Kier molecular flexibility index (Phi) is 3.42. The van der Waals surface area contributed by atoms with E-state index in [1.165, 1.54) is 0 Å². The summed E-state index contributed by atoms with van der Waals surface area (Å²) in [6.45, 7) is 1.71. The zero-order valence-corrected chi connectivity index (χ0v) is 10.3. The van der Waals surface area contributed by atoms with Crippen LogP contribution in [0.25, 0.3) is 0 Å². The van der Waals surface area contributed by atoms with Crippen molar-refractivity contribution in [3.63, 3.8) is 0 Å². The Hall–Kier alpha value is -1.43. The number of aromatic carboxylic acids is 1. The van der Waals surface area contributed by atoms with Crippen molar-refractivity contribution < 1.29 is 9.90 Å². The summed E-state index contributed by atoms with van der Waals surface area (Å²) in [4.78, 5) is 13.1. The van der Waals surface area contributed by atoms with Crippen LogP contribution in [-0.4, -0.2) is 51.6 Å². The zero-order chi connectivity index (χ0) is 12.4. The third-order valence-electron chi connectivity index (χ3n) is 2.92. The highest BCUT2D eigenvalue weighted by molar-refractivity contribution is 5.86. The Balaban J connectivity index is 2.08. The summed E-state index contributed by atoms with van der Waals surface area (Å²) >= 11 is 0. The predicted octanol–water partition coefficient (Wildman–Crippen LogP) is 0.805. The van der Waals surface area contributed by atoms with Gasteiger partial charge in [0.25, 0.3) is 0 Å². The summed E-state index contributed by atoms with van der Waals surface area (Å²) in [6.07, 6.45) is 3.07. The van der Waals surface area contributed by atoms with Crippen molar-refractivity contribution in [2.24, 2.45) is 0 Å². The molecule has 1 aromatic rings. The summed E-state index contributed by atoms with van der Waals surface area (Å²) in [5.74, 6) is -0.610. The number of hydrogen-bond acceptors (Lipinski definition) is 4. The highest BCUT2D eigenvalue weighted by Gasteiger charge is 2.33. The van der Waals surface area contributed by atoms with E-state index in [-0.39, 0.29) is 5.69 Å². The first-order chi connectivity index (χ1) is 8.09. The fraction of sp³-hybridized carbons (Fsp3) is 0.727. The van der Waals surface area contributed by atoms with E-state index in [0.717, 1.165) is 38.0 Å². The molecule has 0 spiro atoms. The fourth-order valence-corrected chi connectivity index (χ4v) is 1.94. The van der Waals surface area contributed by atoms with Gasteiger partial charge in [0.1, 0.15) is 0 Å². The first kappa shape index (κ1) is 12.0. The number of rotatable bonds is 6. The maximum atomic E-state index is 11.0. The van der Waals surface area contributed by atoms with Gasteiger partial charge in [-0.3, -0.25) is 0 Å². The minimum atomic E-state index is -0.967. The standard InChI is InChI=1S/C11H18N4O2/c1-14(2)6-3-7-15-10(8-4-5-8)9(11(16)17)12-13-15/h8H,3-7H2,1-2H3,(H,16,17). The summed E-state index contributed by atoms with van der Waals surface area (Å²) < 4.78 is 1.77. The lowest BCUT2D eigenvalue weighted by atomic mass is 10.2. The topological polar surface area (TPSA) is 71.2 Å². The van der Waals surface area contributed by atoms with Gasteiger partial charge in [-0.05, 0) is 39.9 Å². The van der Waals surface area contributed by atoms with Crippen LogP contribution in [0, 0.1) is 0 Å². The molecule has 0 aliphatic heterocycles. The second kappa shape index (κ2) is 4.83. The lowest BCUT2D eigenvalue weighted by Gasteiger charge is -2.10. The molecule has 0 saturated heterocycles. The molecular weight excluding hydrogens is 220 g/mol. The SMILES string of the molecule is CN(C)CCCn1nnc(C(=O)O)c1C1CC1. The molecule has 0 radical (unpaired) electrons. The molecule has 1 aliphatic carbocycles. The highest BCUT2D eigenvalue weighted by atomic mass is 16.4. The van der Waals surface area contributed by atoms with Gasteiger partial charge in [0.2, 0.25) is 0 Å². The van der Waals surface area contributed by atoms with Crippen LogP contribution < -0.4 is 0 Å². The van der Waals surface area contributed by atoms with E-state index in [2.05, 4.69) is 15.2 Å². The maximum Gasteiger partial charge on any atom is 0.358 e. The summed E-state index contributed by atoms with van der Waals surface area (Å²) in [5.41, 5.74) is 0.952. The average molecular weight is 238 g/mol. The van der Waals surface area contributed by atoms with Crippen molar-refractivity contribution in [2.75, 3.05) is 20.6 Å². The molecule has 6 heteroatoms. The predicted molar refractivity (Wildman–Crippen MR) is 62.1 cm³/mol. The number of nitrogens with zero attached hydrogens (tertiary/aromatic N) is 4. The largest absolute Gasteiger partial charge is 0.476 e. The van der Waals surface area contributed by atoms with Gasteiger partial charge in [0.05, 0.1) is 5.69 Å². The van der Waals surface area contributed by atoms with Gasteiger partial charge in [-0.25, -0.2) is 9.48 Å². The van der Waals surface area contributed by atoms with Gasteiger partial charge >= 0.3 is 5.97 Å². The average Bonchev–Trinajstić information content (AvgIpc) is 2.99. The Morgan fingerprint density at radius 2 is 2.24 bits per heavy atom. The molecule has 94 valence electrons. The fourth-order valence-electron chi connectivity index (χ4n) is 1.94. The monoisotopic (exact) mass is 238 g/mol. The van der Waals surface area contributed by atoms with Crippen molar-refractivity contribution >= 4 is 5.97 Å². The molecule has 1 aromatic heterocycles. The van der Waals surface area contributed by atoms with E-state index >= 15 is 0 Å². The molecule has 6 nitrogen and oxygen atoms in total. The van der Waals surface area contributed by atoms with Crippen molar-refractivity contribution in [3.8, 4) is 0 Å². The van der Waals surface area contributed by atoms with Gasteiger partial charge in [-0.2, -0.15) is 0 Å². The van der Waals surface area contributed by atoms with Gasteiger partial charge in [-0.1, -0.05) is 5.21 Å². The van der Waals surface area contributed by atoms with Gasteiger partial charge in [-0.15, -0.1) is 5.10 Å². The Bertz CT molecular complexity index is 410. The number of aromatic nitrogens is 3. The molecule has 0 unspecified atom stereocenters. The number of carboxylic acid groups (broad SMARTS) is 1. The lowest BCUT2D eigenvalue weighted by molar-refractivity contribution is 0.0689. The van der Waals surface area contributed by atoms with Crippen molar-refractivity contribution in [3.05, 3.63) is 11.4 Å². The molecule has 1 N–H and O–H groups in total. The van der Waals surface area contributed by atoms with E-state index in [1.54, 1.807) is 4.68 Å². The number of carboxylic acids is 1. The molecule has 1 heterocycles. The Morgan fingerprint density at radius 3 is 2.76 bits per heavy atom. The first-order valence-corrected chi connectivity index (χ1v) is 5.91. The van der Waals surface area contributed by atoms with Crippen LogP contribution in [-0.2, 0) is 6.54 Å².